The van der Waals surface area contributed by atoms with Gasteiger partial charge in [-0.1, -0.05) is 26.2 Å². The molecule has 2 unspecified atom stereocenters. The molecule has 1 N–H and O–H groups in total. The Balaban J connectivity index is 2.00. The summed E-state index contributed by atoms with van der Waals surface area (Å²) in [5.74, 6) is 0.490. The van der Waals surface area contributed by atoms with E-state index in [0.29, 0.717) is 11.6 Å². The number of carbonyl (C=O) groups excluding carboxylic acids is 1. The lowest BCUT2D eigenvalue weighted by Gasteiger charge is -2.32. The molecule has 3 nitrogen and oxygen atoms in total. The first kappa shape index (κ1) is 13.9. The number of nitrogens with one attached hydrogen (secondary N) is 1. The average molecular weight is 261 g/mol. The zero-order chi connectivity index (χ0) is 13.7. The standard InChI is InChI=1S/C16H23NO2/c1-3-12-6-4-5-7-15(12)17-14-10-8-13(9-11-14)16(18)19-2/h8-12,15,17H,3-7H2,1-2H3. The highest BCUT2D eigenvalue weighted by atomic mass is 16.5. The number of hydrogen-bond donors (Lipinski definition) is 1. The van der Waals surface area contributed by atoms with Crippen molar-refractivity contribution in [2.75, 3.05) is 12.4 Å². The molecule has 19 heavy (non-hydrogen) atoms. The van der Waals surface area contributed by atoms with Crippen molar-refractivity contribution in [2.45, 2.75) is 45.1 Å². The second-order valence-corrected chi connectivity index (χ2v) is 5.27. The molecule has 2 atom stereocenters. The number of anilines is 1. The lowest BCUT2D eigenvalue weighted by Crippen LogP contribution is -2.31. The van der Waals surface area contributed by atoms with E-state index in [0.717, 1.165) is 11.6 Å². The highest BCUT2D eigenvalue weighted by Crippen LogP contribution is 2.29. The van der Waals surface area contributed by atoms with Crippen LogP contribution in [0.2, 0.25) is 0 Å². The van der Waals surface area contributed by atoms with E-state index in [4.69, 9.17) is 4.74 Å². The molecule has 0 saturated heterocycles. The number of hydrogen-bond acceptors (Lipinski definition) is 3. The van der Waals surface area contributed by atoms with E-state index in [-0.39, 0.29) is 5.97 Å². The number of benzene rings is 1. The number of ether oxygens (including phenoxy) is 1. The van der Waals surface area contributed by atoms with Gasteiger partial charge in [-0.25, -0.2) is 4.79 Å². The van der Waals surface area contributed by atoms with Gasteiger partial charge in [-0.2, -0.15) is 0 Å². The third kappa shape index (κ3) is 3.49. The summed E-state index contributed by atoms with van der Waals surface area (Å²) in [5, 5.41) is 3.61. The molecular formula is C16H23NO2. The van der Waals surface area contributed by atoms with Crippen molar-refractivity contribution in [1.29, 1.82) is 0 Å². The predicted octanol–water partition coefficient (Wildman–Crippen LogP) is 3.85. The highest BCUT2D eigenvalue weighted by Gasteiger charge is 2.23. The molecule has 0 radical (unpaired) electrons. The van der Waals surface area contributed by atoms with Gasteiger partial charge in [-0.15, -0.1) is 0 Å². The lowest BCUT2D eigenvalue weighted by molar-refractivity contribution is 0.0601. The summed E-state index contributed by atoms with van der Waals surface area (Å²) in [6.45, 7) is 2.27. The fourth-order valence-corrected chi connectivity index (χ4v) is 2.92. The van der Waals surface area contributed by atoms with Gasteiger partial charge in [0.2, 0.25) is 0 Å². The summed E-state index contributed by atoms with van der Waals surface area (Å²) >= 11 is 0. The van der Waals surface area contributed by atoms with Crippen LogP contribution in [0, 0.1) is 5.92 Å². The van der Waals surface area contributed by atoms with Gasteiger partial charge in [-0.05, 0) is 43.0 Å². The summed E-state index contributed by atoms with van der Waals surface area (Å²) in [5.41, 5.74) is 1.70. The van der Waals surface area contributed by atoms with Crippen LogP contribution >= 0.6 is 0 Å². The van der Waals surface area contributed by atoms with E-state index in [1.165, 1.54) is 39.2 Å². The third-order valence-corrected chi connectivity index (χ3v) is 4.09. The minimum absolute atomic E-state index is 0.282. The average Bonchev–Trinajstić information content (AvgIpc) is 2.48. The summed E-state index contributed by atoms with van der Waals surface area (Å²) in [7, 11) is 1.41. The van der Waals surface area contributed by atoms with E-state index in [1.807, 2.05) is 24.3 Å². The van der Waals surface area contributed by atoms with Crippen LogP contribution in [0.5, 0.6) is 0 Å². The van der Waals surface area contributed by atoms with Gasteiger partial charge in [-0.3, -0.25) is 0 Å². The van der Waals surface area contributed by atoms with Gasteiger partial charge in [0, 0.05) is 11.7 Å². The SMILES string of the molecule is CCC1CCCCC1Nc1ccc(C(=O)OC)cc1. The predicted molar refractivity (Wildman–Crippen MR) is 77.4 cm³/mol. The molecule has 0 amide bonds. The fraction of sp³-hybridized carbons (Fsp3) is 0.562. The fourth-order valence-electron chi connectivity index (χ4n) is 2.92. The van der Waals surface area contributed by atoms with E-state index in [9.17, 15) is 4.79 Å². The second kappa shape index (κ2) is 6.60. The quantitative estimate of drug-likeness (QED) is 0.836. The summed E-state index contributed by atoms with van der Waals surface area (Å²) in [6.07, 6.45) is 6.48. The molecule has 1 saturated carbocycles. The molecule has 1 fully saturated rings. The molecule has 1 aromatic carbocycles. The number of esters is 1. The Hall–Kier alpha value is -1.51. The number of carbonyl (C=O) groups is 1. The maximum Gasteiger partial charge on any atom is 0.337 e. The normalized spacial score (nSPS) is 22.8. The molecule has 0 heterocycles. The van der Waals surface area contributed by atoms with Gasteiger partial charge in [0.15, 0.2) is 0 Å². The number of methoxy groups -OCH3 is 1. The van der Waals surface area contributed by atoms with Crippen LogP contribution in [-0.2, 0) is 4.74 Å². The Morgan fingerprint density at radius 2 is 1.95 bits per heavy atom. The zero-order valence-corrected chi connectivity index (χ0v) is 11.8. The Labute approximate surface area is 115 Å². The Bertz CT molecular complexity index is 413. The van der Waals surface area contributed by atoms with E-state index < -0.39 is 0 Å². The first-order valence-corrected chi connectivity index (χ1v) is 7.19. The molecule has 2 rings (SSSR count). The number of rotatable bonds is 4. The van der Waals surface area contributed by atoms with E-state index in [2.05, 4.69) is 12.2 Å². The van der Waals surface area contributed by atoms with Gasteiger partial charge >= 0.3 is 5.97 Å². The van der Waals surface area contributed by atoms with Crippen LogP contribution in [0.15, 0.2) is 24.3 Å². The molecule has 1 aliphatic carbocycles. The minimum atomic E-state index is -0.282. The summed E-state index contributed by atoms with van der Waals surface area (Å²) in [6, 6.07) is 8.14. The highest BCUT2D eigenvalue weighted by molar-refractivity contribution is 5.89. The van der Waals surface area contributed by atoms with E-state index >= 15 is 0 Å². The molecule has 0 aliphatic heterocycles. The summed E-state index contributed by atoms with van der Waals surface area (Å²) < 4.78 is 4.70. The smallest absolute Gasteiger partial charge is 0.337 e. The van der Waals surface area contributed by atoms with Crippen molar-refractivity contribution in [3.63, 3.8) is 0 Å². The van der Waals surface area contributed by atoms with Crippen molar-refractivity contribution in [2.24, 2.45) is 5.92 Å². The Morgan fingerprint density at radius 3 is 2.58 bits per heavy atom. The largest absolute Gasteiger partial charge is 0.465 e. The molecule has 0 bridgehead atoms. The van der Waals surface area contributed by atoms with Crippen molar-refractivity contribution in [3.05, 3.63) is 29.8 Å². The van der Waals surface area contributed by atoms with Crippen LogP contribution in [-0.4, -0.2) is 19.1 Å². The van der Waals surface area contributed by atoms with Crippen molar-refractivity contribution < 1.29 is 9.53 Å². The molecule has 1 aromatic rings. The van der Waals surface area contributed by atoms with Crippen molar-refractivity contribution in [1.82, 2.24) is 0 Å². The van der Waals surface area contributed by atoms with Crippen LogP contribution in [0.4, 0.5) is 5.69 Å². The van der Waals surface area contributed by atoms with Gasteiger partial charge in [0.05, 0.1) is 12.7 Å². The first-order valence-electron chi connectivity index (χ1n) is 7.19. The van der Waals surface area contributed by atoms with Crippen molar-refractivity contribution >= 4 is 11.7 Å². The molecule has 0 aromatic heterocycles. The lowest BCUT2D eigenvalue weighted by atomic mass is 9.83. The molecule has 3 heteroatoms. The zero-order valence-electron chi connectivity index (χ0n) is 11.8. The second-order valence-electron chi connectivity index (χ2n) is 5.27. The Morgan fingerprint density at radius 1 is 1.26 bits per heavy atom. The van der Waals surface area contributed by atoms with Crippen molar-refractivity contribution in [3.8, 4) is 0 Å². The molecule has 104 valence electrons. The maximum absolute atomic E-state index is 11.4. The maximum atomic E-state index is 11.4. The first-order chi connectivity index (χ1) is 9.24. The van der Waals surface area contributed by atoms with Gasteiger partial charge < -0.3 is 10.1 Å². The van der Waals surface area contributed by atoms with Gasteiger partial charge in [0.25, 0.3) is 0 Å². The van der Waals surface area contributed by atoms with Crippen LogP contribution in [0.1, 0.15) is 49.4 Å². The summed E-state index contributed by atoms with van der Waals surface area (Å²) in [4.78, 5) is 11.4. The van der Waals surface area contributed by atoms with Crippen LogP contribution < -0.4 is 5.32 Å². The minimum Gasteiger partial charge on any atom is -0.465 e. The van der Waals surface area contributed by atoms with Crippen LogP contribution in [0.3, 0.4) is 0 Å². The monoisotopic (exact) mass is 261 g/mol. The third-order valence-electron chi connectivity index (χ3n) is 4.09. The van der Waals surface area contributed by atoms with Crippen LogP contribution in [0.25, 0.3) is 0 Å². The molecular weight excluding hydrogens is 238 g/mol. The molecule has 1 aliphatic rings. The topological polar surface area (TPSA) is 38.3 Å². The van der Waals surface area contributed by atoms with E-state index in [1.54, 1.807) is 0 Å². The van der Waals surface area contributed by atoms with Gasteiger partial charge in [0.1, 0.15) is 0 Å². The Kier molecular flexibility index (Phi) is 4.83. The molecule has 0 spiro atoms.